The van der Waals surface area contributed by atoms with Gasteiger partial charge in [0.1, 0.15) is 0 Å². The highest BCUT2D eigenvalue weighted by atomic mass is 15.0. The van der Waals surface area contributed by atoms with Crippen LogP contribution in [0.1, 0.15) is 91.6 Å². The number of fused-ring (bicyclic) bond motifs is 6. The van der Waals surface area contributed by atoms with Crippen molar-refractivity contribution in [2.75, 3.05) is 0 Å². The third-order valence-corrected chi connectivity index (χ3v) is 14.2. The largest absolute Gasteiger partial charge is 0.309 e. The van der Waals surface area contributed by atoms with E-state index in [0.717, 1.165) is 0 Å². The minimum absolute atomic E-state index is 0.00387. The molecule has 0 bridgehead atoms. The highest BCUT2D eigenvalue weighted by Crippen LogP contribution is 2.60. The van der Waals surface area contributed by atoms with Gasteiger partial charge >= 0.3 is 0 Å². The maximum Gasteiger partial charge on any atom is 0.0716 e. The van der Waals surface area contributed by atoms with E-state index in [1.165, 1.54) is 111 Å². The molecule has 0 saturated carbocycles. The molecule has 1 heteroatoms. The Hall–Kier alpha value is -7.22. The predicted octanol–water partition coefficient (Wildman–Crippen LogP) is 17.7. The van der Waals surface area contributed by atoms with E-state index in [0.29, 0.717) is 0 Å². The second-order valence-electron chi connectivity index (χ2n) is 20.7. The predicted molar refractivity (Wildman–Crippen MR) is 287 cm³/mol. The fourth-order valence-electron chi connectivity index (χ4n) is 10.9. The first-order valence-corrected chi connectivity index (χ1v) is 23.9. The highest BCUT2D eigenvalue weighted by molar-refractivity contribution is 6.10. The molecule has 0 aliphatic heterocycles. The van der Waals surface area contributed by atoms with Gasteiger partial charge < -0.3 is 4.57 Å². The standard InChI is InChI=1S/C34H36.C32H25N/c1-23-15-14-20-28-30(23)27-21-26(32(2,3)4)22-29(33(5,6)7)31(27)34(28,24-16-10-8-11-17-24)25-18-12-9-13-19-25;1-22-10-6-7-13-27(22)29-20-24(17-16-23(29)2)25-18-19-32-30(21-25)28-14-8-9-15-31(28)33(32)26-11-4-3-5-12-26/h8-22H,1-7H3;3-21H,1-2H3. The van der Waals surface area contributed by atoms with Crippen LogP contribution in [0.5, 0.6) is 0 Å². The van der Waals surface area contributed by atoms with Gasteiger partial charge in [-0.15, -0.1) is 0 Å². The minimum atomic E-state index is -0.349. The summed E-state index contributed by atoms with van der Waals surface area (Å²) in [6, 6.07) is 75.8. The molecule has 0 amide bonds. The van der Waals surface area contributed by atoms with Gasteiger partial charge in [-0.05, 0) is 151 Å². The van der Waals surface area contributed by atoms with Crippen molar-refractivity contribution in [3.8, 4) is 39.1 Å². The quantitative estimate of drug-likeness (QED) is 0.162. The highest BCUT2D eigenvalue weighted by Gasteiger charge is 2.49. The van der Waals surface area contributed by atoms with E-state index in [1.54, 1.807) is 0 Å². The second-order valence-corrected chi connectivity index (χ2v) is 20.7. The first-order chi connectivity index (χ1) is 32.3. The lowest BCUT2D eigenvalue weighted by molar-refractivity contribution is 0.557. The number of hydrogen-bond acceptors (Lipinski definition) is 0. The van der Waals surface area contributed by atoms with Gasteiger partial charge in [-0.25, -0.2) is 0 Å². The zero-order chi connectivity index (χ0) is 46.7. The van der Waals surface area contributed by atoms with Crippen molar-refractivity contribution in [1.29, 1.82) is 0 Å². The first kappa shape index (κ1) is 43.7. The Balaban J connectivity index is 0.000000157. The smallest absolute Gasteiger partial charge is 0.0716 e. The van der Waals surface area contributed by atoms with Gasteiger partial charge in [0.25, 0.3) is 0 Å². The summed E-state index contributed by atoms with van der Waals surface area (Å²) < 4.78 is 2.36. The summed E-state index contributed by atoms with van der Waals surface area (Å²) in [6.07, 6.45) is 0. The Kier molecular flexibility index (Phi) is 11.0. The van der Waals surface area contributed by atoms with Crippen molar-refractivity contribution in [3.63, 3.8) is 0 Å². The maximum atomic E-state index is 2.50. The SMILES string of the molecule is Cc1cccc2c1-c1cc(C(C)(C)C)cc(C(C)(C)C)c1C2(c1ccccc1)c1ccccc1.Cc1ccccc1-c1cc(-c2ccc3c(c2)c2ccccc2n3-c2ccccc2)ccc1C. The van der Waals surface area contributed by atoms with E-state index in [4.69, 9.17) is 0 Å². The zero-order valence-electron chi connectivity index (χ0n) is 40.6. The van der Waals surface area contributed by atoms with Crippen LogP contribution in [-0.2, 0) is 16.2 Å². The van der Waals surface area contributed by atoms with Crippen LogP contribution in [0.25, 0.3) is 60.9 Å². The van der Waals surface area contributed by atoms with Gasteiger partial charge in [-0.1, -0.05) is 211 Å². The Labute approximate surface area is 398 Å². The molecule has 0 radical (unpaired) electrons. The van der Waals surface area contributed by atoms with E-state index in [-0.39, 0.29) is 16.2 Å². The fraction of sp³-hybridized carbons (Fsp3) is 0.182. The Morgan fingerprint density at radius 1 is 0.388 bits per heavy atom. The molecule has 0 spiro atoms. The second kappa shape index (κ2) is 16.9. The molecule has 1 aromatic heterocycles. The Morgan fingerprint density at radius 2 is 0.940 bits per heavy atom. The van der Waals surface area contributed by atoms with Gasteiger partial charge in [0.05, 0.1) is 16.4 Å². The number of benzene rings is 9. The summed E-state index contributed by atoms with van der Waals surface area (Å²) in [5.74, 6) is 0. The molecule has 10 aromatic rings. The topological polar surface area (TPSA) is 4.93 Å². The van der Waals surface area contributed by atoms with E-state index in [1.807, 2.05) is 0 Å². The Bertz CT molecular complexity index is 3390. The molecule has 67 heavy (non-hydrogen) atoms. The van der Waals surface area contributed by atoms with E-state index < -0.39 is 0 Å². The fourth-order valence-corrected chi connectivity index (χ4v) is 10.9. The lowest BCUT2D eigenvalue weighted by atomic mass is 9.63. The molecular weight excluding hydrogens is 807 g/mol. The van der Waals surface area contributed by atoms with Gasteiger partial charge in [-0.2, -0.15) is 0 Å². The van der Waals surface area contributed by atoms with Crippen LogP contribution in [0.3, 0.4) is 0 Å². The van der Waals surface area contributed by atoms with E-state index in [2.05, 4.69) is 273 Å². The monoisotopic (exact) mass is 867 g/mol. The van der Waals surface area contributed by atoms with Gasteiger partial charge in [0.15, 0.2) is 0 Å². The van der Waals surface area contributed by atoms with Crippen LogP contribution in [0.15, 0.2) is 206 Å². The van der Waals surface area contributed by atoms with Crippen molar-refractivity contribution in [2.45, 2.75) is 78.6 Å². The van der Waals surface area contributed by atoms with Crippen LogP contribution in [-0.4, -0.2) is 4.57 Å². The molecular formula is C66H61N. The average molecular weight is 868 g/mol. The summed E-state index contributed by atoms with van der Waals surface area (Å²) in [7, 11) is 0. The molecule has 330 valence electrons. The first-order valence-electron chi connectivity index (χ1n) is 23.9. The van der Waals surface area contributed by atoms with E-state index in [9.17, 15) is 0 Å². The zero-order valence-corrected chi connectivity index (χ0v) is 40.6. The summed E-state index contributed by atoms with van der Waals surface area (Å²) >= 11 is 0. The van der Waals surface area contributed by atoms with Crippen molar-refractivity contribution < 1.29 is 0 Å². The van der Waals surface area contributed by atoms with Gasteiger partial charge in [0, 0.05) is 16.5 Å². The van der Waals surface area contributed by atoms with Crippen LogP contribution in [0, 0.1) is 20.8 Å². The molecule has 9 aromatic carbocycles. The number of aromatic nitrogens is 1. The number of nitrogens with zero attached hydrogens (tertiary/aromatic N) is 1. The maximum absolute atomic E-state index is 2.50. The van der Waals surface area contributed by atoms with Crippen molar-refractivity contribution in [3.05, 3.63) is 256 Å². The van der Waals surface area contributed by atoms with E-state index >= 15 is 0 Å². The molecule has 1 heterocycles. The van der Waals surface area contributed by atoms with Crippen molar-refractivity contribution >= 4 is 21.8 Å². The molecule has 11 rings (SSSR count). The lowest BCUT2D eigenvalue weighted by Crippen LogP contribution is -2.32. The summed E-state index contributed by atoms with van der Waals surface area (Å²) in [5, 5.41) is 2.56. The molecule has 0 N–H and O–H groups in total. The minimum Gasteiger partial charge on any atom is -0.309 e. The number of aryl methyl sites for hydroxylation is 3. The molecule has 1 aliphatic rings. The number of rotatable bonds is 5. The normalized spacial score (nSPS) is 13.0. The van der Waals surface area contributed by atoms with Crippen LogP contribution >= 0.6 is 0 Å². The third kappa shape index (κ3) is 7.52. The van der Waals surface area contributed by atoms with Crippen LogP contribution in [0.2, 0.25) is 0 Å². The summed E-state index contributed by atoms with van der Waals surface area (Å²) in [6.45, 7) is 20.7. The van der Waals surface area contributed by atoms with Gasteiger partial charge in [-0.3, -0.25) is 0 Å². The Morgan fingerprint density at radius 3 is 1.60 bits per heavy atom. The molecule has 1 nitrogen and oxygen atoms in total. The molecule has 1 aliphatic carbocycles. The van der Waals surface area contributed by atoms with Crippen LogP contribution < -0.4 is 0 Å². The van der Waals surface area contributed by atoms with Crippen molar-refractivity contribution in [1.82, 2.24) is 4.57 Å². The molecule has 0 saturated heterocycles. The molecule has 0 fully saturated rings. The lowest BCUT2D eigenvalue weighted by Gasteiger charge is -2.38. The number of hydrogen-bond donors (Lipinski definition) is 0. The van der Waals surface area contributed by atoms with Crippen molar-refractivity contribution in [2.24, 2.45) is 0 Å². The summed E-state index contributed by atoms with van der Waals surface area (Å²) in [4.78, 5) is 0. The van der Waals surface area contributed by atoms with Crippen LogP contribution in [0.4, 0.5) is 0 Å². The third-order valence-electron chi connectivity index (χ3n) is 14.2. The number of para-hydroxylation sites is 2. The van der Waals surface area contributed by atoms with Gasteiger partial charge in [0.2, 0.25) is 0 Å². The molecule has 0 atom stereocenters. The molecule has 0 unspecified atom stereocenters. The summed E-state index contributed by atoms with van der Waals surface area (Å²) in [5.41, 5.74) is 23.6. The average Bonchev–Trinajstić information content (AvgIpc) is 3.83.